The fourth-order valence-corrected chi connectivity index (χ4v) is 1.82. The average molecular weight is 329 g/mol. The van der Waals surface area contributed by atoms with Gasteiger partial charge in [0.25, 0.3) is 0 Å². The van der Waals surface area contributed by atoms with Gasteiger partial charge in [-0.2, -0.15) is 13.2 Å². The van der Waals surface area contributed by atoms with Gasteiger partial charge < -0.3 is 20.7 Å². The summed E-state index contributed by atoms with van der Waals surface area (Å²) >= 11 is 0. The van der Waals surface area contributed by atoms with Crippen LogP contribution in [0.3, 0.4) is 0 Å². The van der Waals surface area contributed by atoms with Crippen LogP contribution in [0.4, 0.5) is 19.1 Å². The number of aliphatic carboxylic acids is 1. The maximum absolute atomic E-state index is 13.0. The van der Waals surface area contributed by atoms with Gasteiger partial charge in [0.1, 0.15) is 6.54 Å². The molecule has 0 bridgehead atoms. The Kier molecular flexibility index (Phi) is 4.82. The van der Waals surface area contributed by atoms with Crippen molar-refractivity contribution >= 4 is 23.7 Å². The molecule has 3 N–H and O–H groups in total. The lowest BCUT2D eigenvalue weighted by atomic mass is 10.2. The zero-order valence-electron chi connectivity index (χ0n) is 11.9. The van der Waals surface area contributed by atoms with Crippen LogP contribution >= 0.6 is 0 Å². The Morgan fingerprint density at radius 2 is 2.13 bits per heavy atom. The largest absolute Gasteiger partial charge is 0.480 e. The molecule has 1 aliphatic heterocycles. The number of carbonyl (C=O) groups is 1. The maximum atomic E-state index is 13.0. The van der Waals surface area contributed by atoms with E-state index in [4.69, 9.17) is 10.5 Å². The fourth-order valence-electron chi connectivity index (χ4n) is 1.82. The number of halogens is 3. The van der Waals surface area contributed by atoms with Crippen molar-refractivity contribution in [3.63, 3.8) is 0 Å². The lowest BCUT2D eigenvalue weighted by Crippen LogP contribution is -2.38. The number of rotatable bonds is 6. The second kappa shape index (κ2) is 6.63. The minimum Gasteiger partial charge on any atom is -0.480 e. The summed E-state index contributed by atoms with van der Waals surface area (Å²) < 4.78 is 38.9. The number of alkyl halides is 3. The molecule has 0 atom stereocenters. The number of nitrogens with one attached hydrogen (secondary N) is 2. The molecule has 0 saturated carbocycles. The standard InChI is InChI=1S/C13H14F3N5O2/c14-13(15,16)10-4-9(8(5-17)6-18-7-11(22)23)19-12(20-10)21-2-1-3-21/h4-6,17-18H,1-3,7H2,(H,22,23)/b8-6+,17-5?. The summed E-state index contributed by atoms with van der Waals surface area (Å²) in [4.78, 5) is 19.6. The van der Waals surface area contributed by atoms with Crippen LogP contribution < -0.4 is 10.2 Å². The van der Waals surface area contributed by atoms with Gasteiger partial charge in [-0.25, -0.2) is 9.97 Å². The molecular formula is C13H14F3N5O2. The minimum absolute atomic E-state index is 0.0286. The number of anilines is 1. The van der Waals surface area contributed by atoms with Crippen molar-refractivity contribution in [3.05, 3.63) is 23.7 Å². The van der Waals surface area contributed by atoms with Crippen LogP contribution in [-0.4, -0.2) is 46.9 Å². The molecule has 0 aromatic carbocycles. The normalized spacial score (nSPS) is 15.1. The van der Waals surface area contributed by atoms with Crippen LogP contribution in [-0.2, 0) is 11.0 Å². The van der Waals surface area contributed by atoms with E-state index in [0.29, 0.717) is 13.1 Å². The van der Waals surface area contributed by atoms with Gasteiger partial charge in [-0.05, 0) is 12.5 Å². The Bertz CT molecular complexity index is 641. The third-order valence-corrected chi connectivity index (χ3v) is 3.11. The van der Waals surface area contributed by atoms with E-state index in [1.807, 2.05) is 0 Å². The Hall–Kier alpha value is -2.65. The van der Waals surface area contributed by atoms with Crippen LogP contribution in [0.2, 0.25) is 0 Å². The molecule has 7 nitrogen and oxygen atoms in total. The summed E-state index contributed by atoms with van der Waals surface area (Å²) in [6, 6.07) is 0.739. The summed E-state index contributed by atoms with van der Waals surface area (Å²) in [5, 5.41) is 18.3. The molecule has 10 heteroatoms. The lowest BCUT2D eigenvalue weighted by molar-refractivity contribution is -0.141. The first-order valence-corrected chi connectivity index (χ1v) is 6.68. The summed E-state index contributed by atoms with van der Waals surface area (Å²) in [5.74, 6) is -1.18. The molecule has 1 fully saturated rings. The predicted molar refractivity (Wildman–Crippen MR) is 76.3 cm³/mol. The monoisotopic (exact) mass is 329 g/mol. The minimum atomic E-state index is -4.64. The van der Waals surface area contributed by atoms with Crippen LogP contribution in [0.15, 0.2) is 12.3 Å². The summed E-state index contributed by atoms with van der Waals surface area (Å²) in [6.45, 7) is 0.719. The first-order valence-electron chi connectivity index (χ1n) is 6.68. The second-order valence-electron chi connectivity index (χ2n) is 4.80. The second-order valence-corrected chi connectivity index (χ2v) is 4.80. The van der Waals surface area contributed by atoms with Gasteiger partial charge in [-0.1, -0.05) is 0 Å². The molecular weight excluding hydrogens is 315 g/mol. The summed E-state index contributed by atoms with van der Waals surface area (Å²) in [7, 11) is 0. The van der Waals surface area contributed by atoms with Crippen LogP contribution in [0.5, 0.6) is 0 Å². The first-order chi connectivity index (χ1) is 10.8. The van der Waals surface area contributed by atoms with Crippen molar-refractivity contribution in [1.29, 1.82) is 5.41 Å². The van der Waals surface area contributed by atoms with Gasteiger partial charge in [-0.15, -0.1) is 0 Å². The van der Waals surface area contributed by atoms with Gasteiger partial charge in [0, 0.05) is 31.1 Å². The highest BCUT2D eigenvalue weighted by atomic mass is 19.4. The quantitative estimate of drug-likeness (QED) is 0.681. The summed E-state index contributed by atoms with van der Waals surface area (Å²) in [6.07, 6.45) is -1.85. The van der Waals surface area contributed by atoms with Crippen molar-refractivity contribution in [3.8, 4) is 0 Å². The topological polar surface area (TPSA) is 102 Å². The van der Waals surface area contributed by atoms with E-state index < -0.39 is 24.4 Å². The summed E-state index contributed by atoms with van der Waals surface area (Å²) in [5.41, 5.74) is -1.17. The van der Waals surface area contributed by atoms with E-state index in [1.165, 1.54) is 0 Å². The third-order valence-electron chi connectivity index (χ3n) is 3.11. The molecule has 23 heavy (non-hydrogen) atoms. The molecule has 0 radical (unpaired) electrons. The van der Waals surface area contributed by atoms with Gasteiger partial charge in [0.15, 0.2) is 5.69 Å². The Morgan fingerprint density at radius 3 is 2.61 bits per heavy atom. The maximum Gasteiger partial charge on any atom is 0.433 e. The number of hydrogen-bond donors (Lipinski definition) is 3. The van der Waals surface area contributed by atoms with Crippen molar-refractivity contribution in [2.45, 2.75) is 12.6 Å². The van der Waals surface area contributed by atoms with E-state index in [2.05, 4.69) is 15.3 Å². The first kappa shape index (κ1) is 16.7. The van der Waals surface area contributed by atoms with Crippen molar-refractivity contribution in [1.82, 2.24) is 15.3 Å². The fraction of sp³-hybridized carbons (Fsp3) is 0.385. The molecule has 2 rings (SSSR count). The Morgan fingerprint density at radius 1 is 1.43 bits per heavy atom. The zero-order valence-corrected chi connectivity index (χ0v) is 11.9. The highest BCUT2D eigenvalue weighted by Crippen LogP contribution is 2.31. The number of carboxylic acids is 1. The van der Waals surface area contributed by atoms with Gasteiger partial charge >= 0.3 is 12.1 Å². The van der Waals surface area contributed by atoms with Crippen molar-refractivity contribution < 1.29 is 23.1 Å². The predicted octanol–water partition coefficient (Wildman–Crippen LogP) is 1.37. The Labute approximate surface area is 129 Å². The number of nitrogens with zero attached hydrogens (tertiary/aromatic N) is 3. The molecule has 0 unspecified atom stereocenters. The molecule has 1 aliphatic rings. The SMILES string of the molecule is N=C/C(=C\NCC(=O)O)c1cc(C(F)(F)F)nc(N2CCC2)n1. The molecule has 0 amide bonds. The van der Waals surface area contributed by atoms with E-state index in [-0.39, 0.29) is 17.2 Å². The van der Waals surface area contributed by atoms with Crippen LogP contribution in [0, 0.1) is 5.41 Å². The number of hydrogen-bond acceptors (Lipinski definition) is 6. The zero-order chi connectivity index (χ0) is 17.0. The van der Waals surface area contributed by atoms with Crippen LogP contribution in [0.25, 0.3) is 5.57 Å². The highest BCUT2D eigenvalue weighted by Gasteiger charge is 2.35. The van der Waals surface area contributed by atoms with Crippen LogP contribution in [0.1, 0.15) is 17.8 Å². The average Bonchev–Trinajstić information content (AvgIpc) is 2.40. The smallest absolute Gasteiger partial charge is 0.433 e. The molecule has 0 aliphatic carbocycles. The van der Waals surface area contributed by atoms with E-state index in [9.17, 15) is 18.0 Å². The Balaban J connectivity index is 2.38. The van der Waals surface area contributed by atoms with E-state index in [1.54, 1.807) is 4.90 Å². The van der Waals surface area contributed by atoms with Gasteiger partial charge in [0.05, 0.1) is 5.69 Å². The van der Waals surface area contributed by atoms with E-state index >= 15 is 0 Å². The number of aromatic nitrogens is 2. The lowest BCUT2D eigenvalue weighted by Gasteiger charge is -2.31. The number of carboxylic acid groups (broad SMARTS) is 1. The molecule has 1 saturated heterocycles. The molecule has 1 aromatic heterocycles. The molecule has 124 valence electrons. The highest BCUT2D eigenvalue weighted by molar-refractivity contribution is 6.07. The van der Waals surface area contributed by atoms with Crippen molar-refractivity contribution in [2.24, 2.45) is 0 Å². The van der Waals surface area contributed by atoms with Gasteiger partial charge in [-0.3, -0.25) is 4.79 Å². The molecule has 0 spiro atoms. The van der Waals surface area contributed by atoms with Gasteiger partial charge in [0.2, 0.25) is 5.95 Å². The molecule has 2 heterocycles. The van der Waals surface area contributed by atoms with Crippen molar-refractivity contribution in [2.75, 3.05) is 24.5 Å². The van der Waals surface area contributed by atoms with E-state index in [0.717, 1.165) is 24.9 Å². The molecule has 1 aromatic rings. The third kappa shape index (κ3) is 4.18. The number of allylic oxidation sites excluding steroid dienone is 1.